The molecule has 80 valence electrons. The molecule has 0 amide bonds. The summed E-state index contributed by atoms with van der Waals surface area (Å²) in [6, 6.07) is 10.2. The van der Waals surface area contributed by atoms with Crippen molar-refractivity contribution in [3.05, 3.63) is 58.3 Å². The van der Waals surface area contributed by atoms with E-state index in [0.717, 1.165) is 16.8 Å². The molecule has 0 aliphatic carbocycles. The number of nitrogens with zero attached hydrogens (tertiary/aromatic N) is 2. The molecule has 0 fully saturated rings. The Morgan fingerprint density at radius 1 is 1.12 bits per heavy atom. The third-order valence-corrected chi connectivity index (χ3v) is 2.29. The van der Waals surface area contributed by atoms with Crippen molar-refractivity contribution >= 4 is 5.69 Å². The van der Waals surface area contributed by atoms with Crippen molar-refractivity contribution in [2.45, 2.75) is 6.92 Å². The first-order valence-electron chi connectivity index (χ1n) is 4.84. The molecule has 1 heterocycles. The highest BCUT2D eigenvalue weighted by atomic mass is 16.6. The highest BCUT2D eigenvalue weighted by Crippen LogP contribution is 2.20. The van der Waals surface area contributed by atoms with Crippen LogP contribution in [-0.2, 0) is 0 Å². The largest absolute Gasteiger partial charge is 0.269 e. The average molecular weight is 214 g/mol. The minimum atomic E-state index is -0.410. The Balaban J connectivity index is 2.34. The Bertz CT molecular complexity index is 504. The van der Waals surface area contributed by atoms with Crippen LogP contribution in [0.3, 0.4) is 0 Å². The molecule has 0 saturated heterocycles. The van der Waals surface area contributed by atoms with E-state index in [1.165, 1.54) is 12.1 Å². The van der Waals surface area contributed by atoms with Crippen molar-refractivity contribution in [3.63, 3.8) is 0 Å². The summed E-state index contributed by atoms with van der Waals surface area (Å²) in [7, 11) is 0. The number of hydrogen-bond donors (Lipinski definition) is 0. The van der Waals surface area contributed by atoms with Crippen LogP contribution in [-0.4, -0.2) is 9.91 Å². The van der Waals surface area contributed by atoms with Crippen molar-refractivity contribution in [2.75, 3.05) is 0 Å². The molecule has 2 rings (SSSR count). The molecule has 2 aromatic rings. The number of aryl methyl sites for hydroxylation is 1. The second-order valence-electron chi connectivity index (χ2n) is 3.52. The molecule has 16 heavy (non-hydrogen) atoms. The van der Waals surface area contributed by atoms with Crippen molar-refractivity contribution < 1.29 is 4.92 Å². The summed E-state index contributed by atoms with van der Waals surface area (Å²) in [5.41, 5.74) is 2.88. The van der Waals surface area contributed by atoms with Gasteiger partial charge in [-0.15, -0.1) is 0 Å². The fourth-order valence-electron chi connectivity index (χ4n) is 1.39. The lowest BCUT2D eigenvalue weighted by molar-refractivity contribution is -0.384. The summed E-state index contributed by atoms with van der Waals surface area (Å²) in [5, 5.41) is 10.5. The van der Waals surface area contributed by atoms with Gasteiger partial charge < -0.3 is 0 Å². The second-order valence-corrected chi connectivity index (χ2v) is 3.52. The van der Waals surface area contributed by atoms with Gasteiger partial charge in [0.05, 0.1) is 10.6 Å². The van der Waals surface area contributed by atoms with Crippen molar-refractivity contribution in [2.24, 2.45) is 0 Å². The van der Waals surface area contributed by atoms with Gasteiger partial charge in [-0.3, -0.25) is 15.1 Å². The van der Waals surface area contributed by atoms with Gasteiger partial charge in [-0.1, -0.05) is 6.07 Å². The number of nitro benzene ring substituents is 1. The van der Waals surface area contributed by atoms with E-state index in [1.807, 2.05) is 19.1 Å². The summed E-state index contributed by atoms with van der Waals surface area (Å²) in [6.45, 7) is 1.96. The van der Waals surface area contributed by atoms with Gasteiger partial charge in [0, 0.05) is 23.9 Å². The van der Waals surface area contributed by atoms with Gasteiger partial charge in [-0.2, -0.15) is 0 Å². The molecule has 4 heteroatoms. The minimum absolute atomic E-state index is 0.0934. The Labute approximate surface area is 92.7 Å². The molecule has 0 atom stereocenters. The smallest absolute Gasteiger partial charge is 0.258 e. The predicted octanol–water partition coefficient (Wildman–Crippen LogP) is 2.97. The lowest BCUT2D eigenvalue weighted by Gasteiger charge is -2.00. The molecular formula is C12H10N2O2. The van der Waals surface area contributed by atoms with Gasteiger partial charge in [0.25, 0.3) is 5.69 Å². The second kappa shape index (κ2) is 4.10. The molecule has 0 bridgehead atoms. The summed E-state index contributed by atoms with van der Waals surface area (Å²) in [5.74, 6) is 0. The monoisotopic (exact) mass is 214 g/mol. The zero-order valence-corrected chi connectivity index (χ0v) is 8.75. The average Bonchev–Trinajstić information content (AvgIpc) is 2.30. The molecule has 0 aliphatic heterocycles. The van der Waals surface area contributed by atoms with E-state index in [0.29, 0.717) is 0 Å². The van der Waals surface area contributed by atoms with E-state index in [1.54, 1.807) is 18.3 Å². The lowest BCUT2D eigenvalue weighted by atomic mass is 10.1. The predicted molar refractivity (Wildman–Crippen MR) is 61.1 cm³/mol. The number of pyridine rings is 1. The first-order valence-corrected chi connectivity index (χ1v) is 4.84. The first-order chi connectivity index (χ1) is 7.66. The summed E-state index contributed by atoms with van der Waals surface area (Å²) >= 11 is 0. The van der Waals surface area contributed by atoms with Crippen molar-refractivity contribution in [1.29, 1.82) is 0 Å². The van der Waals surface area contributed by atoms with E-state index in [4.69, 9.17) is 0 Å². The Hall–Kier alpha value is -2.23. The number of non-ortho nitro benzene ring substituents is 1. The molecule has 1 aromatic heterocycles. The summed E-state index contributed by atoms with van der Waals surface area (Å²) < 4.78 is 0. The minimum Gasteiger partial charge on any atom is -0.258 e. The van der Waals surface area contributed by atoms with E-state index >= 15 is 0 Å². The van der Waals surface area contributed by atoms with E-state index in [9.17, 15) is 10.1 Å². The molecule has 0 spiro atoms. The van der Waals surface area contributed by atoms with Crippen LogP contribution in [0, 0.1) is 17.0 Å². The van der Waals surface area contributed by atoms with Gasteiger partial charge in [0.15, 0.2) is 0 Å². The van der Waals surface area contributed by atoms with Crippen molar-refractivity contribution in [3.8, 4) is 11.3 Å². The van der Waals surface area contributed by atoms with E-state index < -0.39 is 4.92 Å². The zero-order valence-electron chi connectivity index (χ0n) is 8.75. The Morgan fingerprint density at radius 2 is 1.81 bits per heavy atom. The maximum atomic E-state index is 10.5. The molecule has 0 saturated carbocycles. The molecular weight excluding hydrogens is 204 g/mol. The third kappa shape index (κ3) is 2.06. The number of nitro groups is 1. The van der Waals surface area contributed by atoms with Gasteiger partial charge in [-0.25, -0.2) is 0 Å². The number of hydrogen-bond acceptors (Lipinski definition) is 3. The highest BCUT2D eigenvalue weighted by molar-refractivity contribution is 5.60. The van der Waals surface area contributed by atoms with Gasteiger partial charge in [0.2, 0.25) is 0 Å². The fourth-order valence-corrected chi connectivity index (χ4v) is 1.39. The SMILES string of the molecule is Cc1ccc(-c2ccc([N+](=O)[O-])cc2)nc1. The lowest BCUT2D eigenvalue weighted by Crippen LogP contribution is -1.88. The number of benzene rings is 1. The molecule has 1 aromatic carbocycles. The maximum absolute atomic E-state index is 10.5. The van der Waals surface area contributed by atoms with Crippen LogP contribution in [0.5, 0.6) is 0 Å². The highest BCUT2D eigenvalue weighted by Gasteiger charge is 2.05. The molecule has 4 nitrogen and oxygen atoms in total. The Morgan fingerprint density at radius 3 is 2.31 bits per heavy atom. The maximum Gasteiger partial charge on any atom is 0.269 e. The molecule has 0 N–H and O–H groups in total. The van der Waals surface area contributed by atoms with E-state index in [-0.39, 0.29) is 5.69 Å². The quantitative estimate of drug-likeness (QED) is 0.570. The fraction of sp³-hybridized carbons (Fsp3) is 0.0833. The molecule has 0 radical (unpaired) electrons. The summed E-state index contributed by atoms with van der Waals surface area (Å²) in [4.78, 5) is 14.3. The van der Waals surface area contributed by atoms with Crippen LogP contribution in [0.1, 0.15) is 5.56 Å². The number of rotatable bonds is 2. The van der Waals surface area contributed by atoms with Crippen LogP contribution >= 0.6 is 0 Å². The summed E-state index contributed by atoms with van der Waals surface area (Å²) in [6.07, 6.45) is 1.77. The normalized spacial score (nSPS) is 10.1. The van der Waals surface area contributed by atoms with Gasteiger partial charge in [-0.05, 0) is 30.7 Å². The van der Waals surface area contributed by atoms with Crippen LogP contribution in [0.2, 0.25) is 0 Å². The first kappa shape index (κ1) is 10.3. The number of aromatic nitrogens is 1. The Kier molecular flexibility index (Phi) is 2.64. The molecule has 0 aliphatic rings. The van der Waals surface area contributed by atoms with Gasteiger partial charge in [0.1, 0.15) is 0 Å². The third-order valence-electron chi connectivity index (χ3n) is 2.29. The van der Waals surface area contributed by atoms with Crippen LogP contribution in [0.25, 0.3) is 11.3 Å². The van der Waals surface area contributed by atoms with E-state index in [2.05, 4.69) is 4.98 Å². The standard InChI is InChI=1S/C12H10N2O2/c1-9-2-7-12(13-8-9)10-3-5-11(6-4-10)14(15)16/h2-8H,1H3. The van der Waals surface area contributed by atoms with Crippen LogP contribution in [0.15, 0.2) is 42.6 Å². The topological polar surface area (TPSA) is 56.0 Å². The van der Waals surface area contributed by atoms with Crippen molar-refractivity contribution in [1.82, 2.24) is 4.98 Å². The molecule has 0 unspecified atom stereocenters. The van der Waals surface area contributed by atoms with Crippen LogP contribution < -0.4 is 0 Å². The van der Waals surface area contributed by atoms with Gasteiger partial charge >= 0.3 is 0 Å². The zero-order chi connectivity index (χ0) is 11.5. The van der Waals surface area contributed by atoms with Crippen LogP contribution in [0.4, 0.5) is 5.69 Å².